The molecule has 0 amide bonds. The van der Waals surface area contributed by atoms with Crippen molar-refractivity contribution in [3.05, 3.63) is 35.1 Å². The Kier molecular flexibility index (Phi) is 3.61. The van der Waals surface area contributed by atoms with Crippen LogP contribution in [0.25, 0.3) is 0 Å². The Bertz CT molecular complexity index is 314. The lowest BCUT2D eigenvalue weighted by Gasteiger charge is -2.17. The van der Waals surface area contributed by atoms with Crippen LogP contribution in [-0.4, -0.2) is 17.8 Å². The zero-order chi connectivity index (χ0) is 10.7. The molecule has 1 aromatic rings. The molecule has 78 valence electrons. The third-order valence-corrected chi connectivity index (χ3v) is 2.53. The van der Waals surface area contributed by atoms with Crippen molar-refractivity contribution in [1.82, 2.24) is 0 Å². The molecule has 2 unspecified atom stereocenters. The Hall–Kier alpha value is -0.930. The lowest BCUT2D eigenvalue weighted by molar-refractivity contribution is 0.157. The largest absolute Gasteiger partial charge is 0.391 e. The molecule has 3 N–H and O–H groups in total. The van der Waals surface area contributed by atoms with Crippen molar-refractivity contribution in [1.29, 1.82) is 0 Å². The maximum atomic E-state index is 13.0. The minimum absolute atomic E-state index is 0.0562. The molecule has 0 aliphatic carbocycles. The van der Waals surface area contributed by atoms with Crippen molar-refractivity contribution in [2.45, 2.75) is 25.9 Å². The summed E-state index contributed by atoms with van der Waals surface area (Å²) in [6.07, 6.45) is -0.570. The predicted octanol–water partition coefficient (Wildman–Crippen LogP) is 1.56. The Balaban J connectivity index is 2.91. The Morgan fingerprint density at radius 2 is 2.14 bits per heavy atom. The van der Waals surface area contributed by atoms with Crippen molar-refractivity contribution in [2.75, 3.05) is 6.54 Å². The molecule has 0 aromatic heterocycles. The second-order valence-corrected chi connectivity index (χ2v) is 3.60. The van der Waals surface area contributed by atoms with Crippen LogP contribution in [0.3, 0.4) is 0 Å². The smallest absolute Gasteiger partial charge is 0.126 e. The first-order valence-electron chi connectivity index (χ1n) is 4.70. The molecular formula is C11H16FNO. The molecule has 3 heteroatoms. The molecular weight excluding hydrogens is 181 g/mol. The number of aliphatic hydroxyl groups is 1. The molecule has 0 aliphatic rings. The Labute approximate surface area is 83.6 Å². The molecule has 0 saturated carbocycles. The summed E-state index contributed by atoms with van der Waals surface area (Å²) in [6.45, 7) is 3.81. The molecule has 1 rings (SSSR count). The topological polar surface area (TPSA) is 46.2 Å². The van der Waals surface area contributed by atoms with E-state index in [2.05, 4.69) is 0 Å². The van der Waals surface area contributed by atoms with Gasteiger partial charge in [0, 0.05) is 12.5 Å². The number of halogens is 1. The van der Waals surface area contributed by atoms with E-state index in [1.165, 1.54) is 6.07 Å². The summed E-state index contributed by atoms with van der Waals surface area (Å²) in [5, 5.41) is 9.52. The lowest BCUT2D eigenvalue weighted by Crippen LogP contribution is -2.25. The number of benzene rings is 1. The monoisotopic (exact) mass is 197 g/mol. The highest BCUT2D eigenvalue weighted by atomic mass is 19.1. The Morgan fingerprint density at radius 1 is 1.50 bits per heavy atom. The number of aryl methyl sites for hydroxylation is 1. The number of hydrogen-bond acceptors (Lipinski definition) is 2. The van der Waals surface area contributed by atoms with Crippen molar-refractivity contribution in [3.63, 3.8) is 0 Å². The molecule has 0 fully saturated rings. The van der Waals surface area contributed by atoms with Gasteiger partial charge in [-0.2, -0.15) is 0 Å². The normalized spacial score (nSPS) is 15.2. The first-order chi connectivity index (χ1) is 6.56. The molecule has 0 spiro atoms. The highest BCUT2D eigenvalue weighted by molar-refractivity contribution is 5.27. The number of hydrogen-bond donors (Lipinski definition) is 2. The fourth-order valence-corrected chi connectivity index (χ4v) is 1.38. The van der Waals surface area contributed by atoms with Crippen LogP contribution in [0.1, 0.15) is 24.0 Å². The van der Waals surface area contributed by atoms with Gasteiger partial charge in [0.05, 0.1) is 6.10 Å². The van der Waals surface area contributed by atoms with E-state index in [-0.39, 0.29) is 18.3 Å². The molecule has 2 nitrogen and oxygen atoms in total. The second-order valence-electron chi connectivity index (χ2n) is 3.60. The second kappa shape index (κ2) is 4.53. The molecule has 0 saturated heterocycles. The average molecular weight is 197 g/mol. The van der Waals surface area contributed by atoms with Gasteiger partial charge in [-0.05, 0) is 24.1 Å². The van der Waals surface area contributed by atoms with Crippen LogP contribution in [0.5, 0.6) is 0 Å². The summed E-state index contributed by atoms with van der Waals surface area (Å²) in [4.78, 5) is 0. The van der Waals surface area contributed by atoms with E-state index in [0.717, 1.165) is 5.56 Å². The van der Waals surface area contributed by atoms with Crippen LogP contribution < -0.4 is 5.73 Å². The van der Waals surface area contributed by atoms with Crippen LogP contribution in [0, 0.1) is 12.7 Å². The minimum Gasteiger partial charge on any atom is -0.391 e. The molecule has 0 radical (unpaired) electrons. The van der Waals surface area contributed by atoms with Gasteiger partial charge in [-0.25, -0.2) is 4.39 Å². The van der Waals surface area contributed by atoms with Crippen LogP contribution in [-0.2, 0) is 0 Å². The van der Waals surface area contributed by atoms with Gasteiger partial charge in [0.1, 0.15) is 5.82 Å². The van der Waals surface area contributed by atoms with Crippen LogP contribution in [0.2, 0.25) is 0 Å². The average Bonchev–Trinajstić information content (AvgIpc) is 2.20. The summed E-state index contributed by atoms with van der Waals surface area (Å²) in [5.41, 5.74) is 6.87. The fourth-order valence-electron chi connectivity index (χ4n) is 1.38. The van der Waals surface area contributed by atoms with Gasteiger partial charge < -0.3 is 10.8 Å². The van der Waals surface area contributed by atoms with E-state index in [1.54, 1.807) is 19.1 Å². The third-order valence-electron chi connectivity index (χ3n) is 2.53. The van der Waals surface area contributed by atoms with E-state index in [4.69, 9.17) is 5.73 Å². The van der Waals surface area contributed by atoms with E-state index < -0.39 is 6.10 Å². The third kappa shape index (κ3) is 2.30. The van der Waals surface area contributed by atoms with Crippen molar-refractivity contribution in [3.8, 4) is 0 Å². The van der Waals surface area contributed by atoms with Gasteiger partial charge in [-0.15, -0.1) is 0 Å². The van der Waals surface area contributed by atoms with Gasteiger partial charge in [-0.1, -0.05) is 19.1 Å². The molecule has 0 bridgehead atoms. The zero-order valence-electron chi connectivity index (χ0n) is 8.50. The minimum atomic E-state index is -0.570. The van der Waals surface area contributed by atoms with E-state index in [1.807, 2.05) is 6.92 Å². The van der Waals surface area contributed by atoms with Crippen LogP contribution in [0.15, 0.2) is 18.2 Å². The number of rotatable bonds is 3. The van der Waals surface area contributed by atoms with Gasteiger partial charge >= 0.3 is 0 Å². The van der Waals surface area contributed by atoms with Gasteiger partial charge in [0.2, 0.25) is 0 Å². The summed E-state index contributed by atoms with van der Waals surface area (Å²) in [5.74, 6) is -0.275. The fraction of sp³-hybridized carbons (Fsp3) is 0.455. The van der Waals surface area contributed by atoms with Gasteiger partial charge in [0.25, 0.3) is 0 Å². The first-order valence-corrected chi connectivity index (χ1v) is 4.70. The maximum absolute atomic E-state index is 13.0. The number of aliphatic hydroxyl groups excluding tert-OH is 1. The highest BCUT2D eigenvalue weighted by Gasteiger charge is 2.15. The molecule has 0 heterocycles. The highest BCUT2D eigenvalue weighted by Crippen LogP contribution is 2.21. The maximum Gasteiger partial charge on any atom is 0.126 e. The van der Waals surface area contributed by atoms with Crippen molar-refractivity contribution >= 4 is 0 Å². The first kappa shape index (κ1) is 11.1. The van der Waals surface area contributed by atoms with Crippen molar-refractivity contribution in [2.24, 2.45) is 5.73 Å². The summed E-state index contributed by atoms with van der Waals surface area (Å²) < 4.78 is 13.0. The van der Waals surface area contributed by atoms with Crippen LogP contribution >= 0.6 is 0 Å². The van der Waals surface area contributed by atoms with Crippen LogP contribution in [0.4, 0.5) is 4.39 Å². The summed E-state index contributed by atoms with van der Waals surface area (Å²) >= 11 is 0. The molecule has 14 heavy (non-hydrogen) atoms. The molecule has 2 atom stereocenters. The predicted molar refractivity (Wildman–Crippen MR) is 54.6 cm³/mol. The van der Waals surface area contributed by atoms with E-state index in [0.29, 0.717) is 5.56 Å². The van der Waals surface area contributed by atoms with Crippen molar-refractivity contribution < 1.29 is 9.50 Å². The SMILES string of the molecule is Cc1cc(C(C)C(O)CN)ccc1F. The quantitative estimate of drug-likeness (QED) is 0.772. The van der Waals surface area contributed by atoms with E-state index in [9.17, 15) is 9.50 Å². The number of nitrogens with two attached hydrogens (primary N) is 1. The molecule has 0 aliphatic heterocycles. The molecule has 1 aromatic carbocycles. The van der Waals surface area contributed by atoms with Gasteiger partial charge in [-0.3, -0.25) is 0 Å². The van der Waals surface area contributed by atoms with E-state index >= 15 is 0 Å². The lowest BCUT2D eigenvalue weighted by atomic mass is 9.94. The van der Waals surface area contributed by atoms with Gasteiger partial charge in [0.15, 0.2) is 0 Å². The summed E-state index contributed by atoms with van der Waals surface area (Å²) in [7, 11) is 0. The zero-order valence-corrected chi connectivity index (χ0v) is 8.50. The standard InChI is InChI=1S/C11H16FNO/c1-7-5-9(3-4-10(7)12)8(2)11(14)6-13/h3-5,8,11,14H,6,13H2,1-2H3. The summed E-state index contributed by atoms with van der Waals surface area (Å²) in [6, 6.07) is 4.86. The Morgan fingerprint density at radius 3 is 2.64 bits per heavy atom.